The lowest BCUT2D eigenvalue weighted by atomic mass is 10.2. The minimum atomic E-state index is -1.12. The summed E-state index contributed by atoms with van der Waals surface area (Å²) in [7, 11) is 1.42. The zero-order valence-electron chi connectivity index (χ0n) is 16.0. The normalized spacial score (nSPS) is 14.6. The molecule has 1 aliphatic rings. The number of carbonyl (C=O) groups excluding carboxylic acids is 2. The van der Waals surface area contributed by atoms with Gasteiger partial charge in [-0.05, 0) is 60.3 Å². The van der Waals surface area contributed by atoms with Crippen LogP contribution in [0.1, 0.15) is 15.9 Å². The summed E-state index contributed by atoms with van der Waals surface area (Å²) in [6, 6.07) is 11.0. The van der Waals surface area contributed by atoms with E-state index < -0.39 is 24.4 Å². The maximum Gasteiger partial charge on any atom is 0.341 e. The summed E-state index contributed by atoms with van der Waals surface area (Å²) >= 11 is 12.1. The Labute approximate surface area is 191 Å². The highest BCUT2D eigenvalue weighted by Crippen LogP contribution is 2.34. The van der Waals surface area contributed by atoms with Crippen LogP contribution >= 0.6 is 35.6 Å². The van der Waals surface area contributed by atoms with E-state index in [1.165, 1.54) is 25.3 Å². The standard InChI is InChI=1S/C20H15ClN2O6S2/c1-28-15-8-11(2-7-14(15)29-10-17(24)25)9-16-19(27)23(20(30)31-16)22-18(26)12-3-5-13(21)6-4-12/h2-9H,10H2,1H3,(H,22,26)(H,24,25)/b16-9+. The lowest BCUT2D eigenvalue weighted by molar-refractivity contribution is -0.139. The highest BCUT2D eigenvalue weighted by atomic mass is 35.5. The summed E-state index contributed by atoms with van der Waals surface area (Å²) in [4.78, 5) is 36.1. The van der Waals surface area contributed by atoms with E-state index in [4.69, 9.17) is 38.4 Å². The van der Waals surface area contributed by atoms with Gasteiger partial charge in [-0.2, -0.15) is 5.01 Å². The number of nitrogens with one attached hydrogen (secondary N) is 1. The van der Waals surface area contributed by atoms with Gasteiger partial charge >= 0.3 is 5.97 Å². The minimum Gasteiger partial charge on any atom is -0.493 e. The number of carboxylic acid groups (broad SMARTS) is 1. The Morgan fingerprint density at radius 1 is 1.23 bits per heavy atom. The van der Waals surface area contributed by atoms with Gasteiger partial charge in [0, 0.05) is 10.6 Å². The van der Waals surface area contributed by atoms with E-state index in [2.05, 4.69) is 5.43 Å². The maximum atomic E-state index is 12.7. The summed E-state index contributed by atoms with van der Waals surface area (Å²) in [5.74, 6) is -1.54. The lowest BCUT2D eigenvalue weighted by Gasteiger charge is -2.15. The van der Waals surface area contributed by atoms with E-state index in [0.29, 0.717) is 26.8 Å². The van der Waals surface area contributed by atoms with Gasteiger partial charge in [-0.25, -0.2) is 4.79 Å². The van der Waals surface area contributed by atoms with Crippen molar-refractivity contribution in [2.24, 2.45) is 0 Å². The van der Waals surface area contributed by atoms with E-state index in [1.807, 2.05) is 0 Å². The second-order valence-electron chi connectivity index (χ2n) is 6.06. The third-order valence-electron chi connectivity index (χ3n) is 3.95. The molecule has 11 heteroatoms. The molecule has 1 fully saturated rings. The first-order chi connectivity index (χ1) is 14.8. The Morgan fingerprint density at radius 2 is 1.94 bits per heavy atom. The second kappa shape index (κ2) is 9.82. The highest BCUT2D eigenvalue weighted by Gasteiger charge is 2.33. The molecule has 0 unspecified atom stereocenters. The van der Waals surface area contributed by atoms with Gasteiger partial charge in [0.05, 0.1) is 12.0 Å². The maximum absolute atomic E-state index is 12.7. The lowest BCUT2D eigenvalue weighted by Crippen LogP contribution is -2.44. The molecule has 0 aliphatic carbocycles. The molecule has 1 saturated heterocycles. The van der Waals surface area contributed by atoms with E-state index in [9.17, 15) is 14.4 Å². The first-order valence-corrected chi connectivity index (χ1v) is 10.3. The molecule has 8 nitrogen and oxygen atoms in total. The Morgan fingerprint density at radius 3 is 2.58 bits per heavy atom. The number of aliphatic carboxylic acids is 1. The fraction of sp³-hybridized carbons (Fsp3) is 0.100. The van der Waals surface area contributed by atoms with Crippen LogP contribution in [0.5, 0.6) is 11.5 Å². The molecule has 31 heavy (non-hydrogen) atoms. The van der Waals surface area contributed by atoms with Gasteiger partial charge in [0.2, 0.25) is 0 Å². The van der Waals surface area contributed by atoms with E-state index in [-0.39, 0.29) is 10.1 Å². The van der Waals surface area contributed by atoms with Crippen molar-refractivity contribution in [2.75, 3.05) is 13.7 Å². The minimum absolute atomic E-state index is 0.173. The number of carboxylic acids is 1. The van der Waals surface area contributed by atoms with Crippen molar-refractivity contribution in [2.45, 2.75) is 0 Å². The van der Waals surface area contributed by atoms with Crippen molar-refractivity contribution in [1.29, 1.82) is 0 Å². The van der Waals surface area contributed by atoms with Crippen molar-refractivity contribution < 1.29 is 29.0 Å². The number of rotatable bonds is 7. The smallest absolute Gasteiger partial charge is 0.341 e. The number of ether oxygens (including phenoxy) is 2. The molecule has 2 N–H and O–H groups in total. The van der Waals surface area contributed by atoms with Gasteiger partial charge in [0.25, 0.3) is 11.8 Å². The van der Waals surface area contributed by atoms with Gasteiger partial charge < -0.3 is 14.6 Å². The van der Waals surface area contributed by atoms with Gasteiger partial charge in [-0.1, -0.05) is 29.4 Å². The highest BCUT2D eigenvalue weighted by molar-refractivity contribution is 8.26. The number of methoxy groups -OCH3 is 1. The molecule has 0 bridgehead atoms. The second-order valence-corrected chi connectivity index (χ2v) is 8.17. The number of nitrogens with zero attached hydrogens (tertiary/aromatic N) is 1. The number of halogens is 1. The van der Waals surface area contributed by atoms with Crippen molar-refractivity contribution >= 4 is 63.8 Å². The monoisotopic (exact) mass is 478 g/mol. The molecule has 1 heterocycles. The van der Waals surface area contributed by atoms with Crippen LogP contribution in [-0.2, 0) is 9.59 Å². The zero-order chi connectivity index (χ0) is 22.5. The number of thiocarbonyl (C=S) groups is 1. The molecule has 0 atom stereocenters. The quantitative estimate of drug-likeness (QED) is 0.461. The van der Waals surface area contributed by atoms with Crippen LogP contribution in [0.2, 0.25) is 5.02 Å². The number of carbonyl (C=O) groups is 3. The summed E-state index contributed by atoms with van der Waals surface area (Å²) in [6.07, 6.45) is 1.58. The third-order valence-corrected chi connectivity index (χ3v) is 5.50. The molecular formula is C20H15ClN2O6S2. The summed E-state index contributed by atoms with van der Waals surface area (Å²) in [5.41, 5.74) is 3.41. The van der Waals surface area contributed by atoms with Crippen LogP contribution in [0.25, 0.3) is 6.08 Å². The van der Waals surface area contributed by atoms with Gasteiger partial charge in [0.1, 0.15) is 0 Å². The number of amides is 2. The van der Waals surface area contributed by atoms with Gasteiger partial charge in [-0.15, -0.1) is 0 Å². The van der Waals surface area contributed by atoms with Crippen LogP contribution in [0.3, 0.4) is 0 Å². The van der Waals surface area contributed by atoms with Crippen LogP contribution in [-0.4, -0.2) is 45.9 Å². The van der Waals surface area contributed by atoms with Crippen molar-refractivity contribution in [1.82, 2.24) is 10.4 Å². The Kier molecular flexibility index (Phi) is 7.16. The fourth-order valence-electron chi connectivity index (χ4n) is 2.52. The van der Waals surface area contributed by atoms with Crippen LogP contribution < -0.4 is 14.9 Å². The predicted molar refractivity (Wildman–Crippen MR) is 120 cm³/mol. The molecule has 3 rings (SSSR count). The summed E-state index contributed by atoms with van der Waals surface area (Å²) in [6.45, 7) is -0.512. The molecule has 0 spiro atoms. The van der Waals surface area contributed by atoms with Crippen molar-refractivity contribution in [3.63, 3.8) is 0 Å². The topological polar surface area (TPSA) is 105 Å². The molecule has 0 radical (unpaired) electrons. The van der Waals surface area contributed by atoms with Crippen LogP contribution in [0.4, 0.5) is 0 Å². The molecule has 2 aromatic carbocycles. The Balaban J connectivity index is 1.75. The largest absolute Gasteiger partial charge is 0.493 e. The average molecular weight is 479 g/mol. The molecule has 0 aromatic heterocycles. The molecule has 1 aliphatic heterocycles. The van der Waals surface area contributed by atoms with Crippen LogP contribution in [0, 0.1) is 0 Å². The number of hydrogen-bond acceptors (Lipinski definition) is 7. The number of benzene rings is 2. The third kappa shape index (κ3) is 5.54. The number of hydrazine groups is 1. The zero-order valence-corrected chi connectivity index (χ0v) is 18.3. The SMILES string of the molecule is COc1cc(/C=C2/SC(=S)N(NC(=O)c3ccc(Cl)cc3)C2=O)ccc1OCC(=O)O. The summed E-state index contributed by atoms with van der Waals surface area (Å²) in [5, 5.41) is 10.2. The average Bonchev–Trinajstić information content (AvgIpc) is 3.00. The van der Waals surface area contributed by atoms with E-state index in [1.54, 1.807) is 30.3 Å². The molecule has 0 saturated carbocycles. The first-order valence-electron chi connectivity index (χ1n) is 8.65. The molecule has 2 amide bonds. The van der Waals surface area contributed by atoms with E-state index >= 15 is 0 Å². The van der Waals surface area contributed by atoms with Crippen LogP contribution in [0.15, 0.2) is 47.4 Å². The fourth-order valence-corrected chi connectivity index (χ4v) is 3.82. The molecule has 160 valence electrons. The van der Waals surface area contributed by atoms with Gasteiger partial charge in [-0.3, -0.25) is 15.0 Å². The first kappa shape index (κ1) is 22.6. The number of thioether (sulfide) groups is 1. The Hall–Kier alpha value is -3.08. The van der Waals surface area contributed by atoms with E-state index in [0.717, 1.165) is 16.8 Å². The Bertz CT molecular complexity index is 1090. The molecule has 2 aromatic rings. The van der Waals surface area contributed by atoms with Gasteiger partial charge in [0.15, 0.2) is 22.4 Å². The number of hydrogen-bond donors (Lipinski definition) is 2. The predicted octanol–water partition coefficient (Wildman–Crippen LogP) is 3.36. The van der Waals surface area contributed by atoms with Crippen molar-refractivity contribution in [3.8, 4) is 11.5 Å². The summed E-state index contributed by atoms with van der Waals surface area (Å²) < 4.78 is 10.6. The van der Waals surface area contributed by atoms with Crippen molar-refractivity contribution in [3.05, 3.63) is 63.5 Å². The molecular weight excluding hydrogens is 464 g/mol.